The van der Waals surface area contributed by atoms with Crippen LogP contribution in [0.3, 0.4) is 0 Å². The standard InChI is InChI=1S/C14H15BrN2O2/c1-10-8-13(17-19-10)14(18)16-12-6-2-4-11(9-12)5-3-7-15/h2,4,6,8-9H,3,5,7H2,1H3,(H,16,18). The minimum absolute atomic E-state index is 0.255. The molecule has 2 rings (SSSR count). The van der Waals surface area contributed by atoms with Crippen LogP contribution in [0.5, 0.6) is 0 Å². The van der Waals surface area contributed by atoms with Crippen molar-refractivity contribution in [2.24, 2.45) is 0 Å². The molecule has 0 fully saturated rings. The molecule has 0 spiro atoms. The second-order valence-corrected chi connectivity index (χ2v) is 5.06. The van der Waals surface area contributed by atoms with E-state index in [0.29, 0.717) is 11.5 Å². The Hall–Kier alpha value is -1.62. The van der Waals surface area contributed by atoms with E-state index in [0.717, 1.165) is 23.9 Å². The summed E-state index contributed by atoms with van der Waals surface area (Å²) in [6.45, 7) is 1.75. The fourth-order valence-electron chi connectivity index (χ4n) is 1.74. The molecule has 0 aliphatic carbocycles. The van der Waals surface area contributed by atoms with Crippen molar-refractivity contribution in [2.75, 3.05) is 10.6 Å². The summed E-state index contributed by atoms with van der Waals surface area (Å²) in [5.74, 6) is 0.366. The summed E-state index contributed by atoms with van der Waals surface area (Å²) in [4.78, 5) is 11.9. The Labute approximate surface area is 120 Å². The van der Waals surface area contributed by atoms with Gasteiger partial charge in [0.15, 0.2) is 5.69 Å². The lowest BCUT2D eigenvalue weighted by atomic mass is 10.1. The molecule has 1 aromatic carbocycles. The Morgan fingerprint density at radius 1 is 1.42 bits per heavy atom. The molecule has 4 nitrogen and oxygen atoms in total. The summed E-state index contributed by atoms with van der Waals surface area (Å²) in [5, 5.41) is 7.48. The number of aromatic nitrogens is 1. The van der Waals surface area contributed by atoms with Crippen LogP contribution in [0.4, 0.5) is 5.69 Å². The van der Waals surface area contributed by atoms with Gasteiger partial charge in [0.2, 0.25) is 0 Å². The number of carbonyl (C=O) groups is 1. The van der Waals surface area contributed by atoms with Crippen LogP contribution in [-0.2, 0) is 6.42 Å². The van der Waals surface area contributed by atoms with Gasteiger partial charge in [-0.05, 0) is 37.5 Å². The van der Waals surface area contributed by atoms with Crippen LogP contribution in [0.1, 0.15) is 28.2 Å². The van der Waals surface area contributed by atoms with Gasteiger partial charge in [0.1, 0.15) is 5.76 Å². The number of hydrogen-bond acceptors (Lipinski definition) is 3. The van der Waals surface area contributed by atoms with Gasteiger partial charge in [-0.3, -0.25) is 4.79 Å². The molecule has 0 aliphatic rings. The van der Waals surface area contributed by atoms with E-state index in [-0.39, 0.29) is 5.91 Å². The summed E-state index contributed by atoms with van der Waals surface area (Å²) in [6.07, 6.45) is 2.05. The maximum absolute atomic E-state index is 11.9. The molecule has 0 bridgehead atoms. The molecule has 5 heteroatoms. The zero-order valence-electron chi connectivity index (χ0n) is 10.6. The lowest BCUT2D eigenvalue weighted by molar-refractivity contribution is 0.101. The third kappa shape index (κ3) is 3.92. The number of halogens is 1. The topological polar surface area (TPSA) is 55.1 Å². The average molecular weight is 323 g/mol. The molecular formula is C14H15BrN2O2. The molecule has 1 amide bonds. The van der Waals surface area contributed by atoms with Gasteiger partial charge in [-0.2, -0.15) is 0 Å². The van der Waals surface area contributed by atoms with Gasteiger partial charge >= 0.3 is 0 Å². The van der Waals surface area contributed by atoms with Crippen molar-refractivity contribution < 1.29 is 9.32 Å². The molecule has 0 unspecified atom stereocenters. The second-order valence-electron chi connectivity index (χ2n) is 4.27. The smallest absolute Gasteiger partial charge is 0.277 e. The zero-order chi connectivity index (χ0) is 13.7. The van der Waals surface area contributed by atoms with Crippen LogP contribution in [0, 0.1) is 6.92 Å². The third-order valence-electron chi connectivity index (χ3n) is 2.64. The molecule has 0 saturated heterocycles. The molecular weight excluding hydrogens is 308 g/mol. The van der Waals surface area contributed by atoms with Crippen molar-refractivity contribution in [3.63, 3.8) is 0 Å². The van der Waals surface area contributed by atoms with E-state index in [1.54, 1.807) is 13.0 Å². The number of anilines is 1. The average Bonchev–Trinajstić information content (AvgIpc) is 2.83. The number of nitrogens with one attached hydrogen (secondary N) is 1. The first-order valence-electron chi connectivity index (χ1n) is 6.08. The maximum Gasteiger partial charge on any atom is 0.277 e. The van der Waals surface area contributed by atoms with E-state index in [1.807, 2.05) is 18.2 Å². The summed E-state index contributed by atoms with van der Waals surface area (Å²) in [5.41, 5.74) is 2.27. The van der Waals surface area contributed by atoms with Crippen LogP contribution >= 0.6 is 15.9 Å². The molecule has 0 atom stereocenters. The highest BCUT2D eigenvalue weighted by atomic mass is 79.9. The van der Waals surface area contributed by atoms with Crippen molar-refractivity contribution in [3.8, 4) is 0 Å². The number of alkyl halides is 1. The minimum Gasteiger partial charge on any atom is -0.361 e. The number of nitrogens with zero attached hydrogens (tertiary/aromatic N) is 1. The van der Waals surface area contributed by atoms with Crippen molar-refractivity contribution in [1.82, 2.24) is 5.16 Å². The first-order valence-corrected chi connectivity index (χ1v) is 7.21. The van der Waals surface area contributed by atoms with E-state index in [9.17, 15) is 4.79 Å². The van der Waals surface area contributed by atoms with Crippen LogP contribution < -0.4 is 5.32 Å². The van der Waals surface area contributed by atoms with Crippen LogP contribution in [0.25, 0.3) is 0 Å². The summed E-state index contributed by atoms with van der Waals surface area (Å²) in [7, 11) is 0. The molecule has 19 heavy (non-hydrogen) atoms. The van der Waals surface area contributed by atoms with Gasteiger partial charge in [-0.15, -0.1) is 0 Å². The molecule has 2 aromatic rings. The quantitative estimate of drug-likeness (QED) is 0.856. The molecule has 0 radical (unpaired) electrons. The van der Waals surface area contributed by atoms with Crippen LogP contribution in [-0.4, -0.2) is 16.4 Å². The highest BCUT2D eigenvalue weighted by Crippen LogP contribution is 2.14. The zero-order valence-corrected chi connectivity index (χ0v) is 12.2. The normalized spacial score (nSPS) is 10.4. The predicted octanol–water partition coefficient (Wildman–Crippen LogP) is 3.56. The Balaban J connectivity index is 2.04. The van der Waals surface area contributed by atoms with E-state index in [4.69, 9.17) is 4.52 Å². The Morgan fingerprint density at radius 2 is 2.26 bits per heavy atom. The summed E-state index contributed by atoms with van der Waals surface area (Å²) < 4.78 is 4.88. The van der Waals surface area contributed by atoms with Crippen molar-refractivity contribution >= 4 is 27.5 Å². The molecule has 1 aromatic heterocycles. The van der Waals surface area contributed by atoms with Gasteiger partial charge in [0.25, 0.3) is 5.91 Å². The fourth-order valence-corrected chi connectivity index (χ4v) is 2.02. The molecule has 0 saturated carbocycles. The van der Waals surface area contributed by atoms with Gasteiger partial charge in [-0.25, -0.2) is 0 Å². The lowest BCUT2D eigenvalue weighted by Crippen LogP contribution is -2.12. The van der Waals surface area contributed by atoms with Crippen molar-refractivity contribution in [3.05, 3.63) is 47.3 Å². The molecule has 0 aliphatic heterocycles. The maximum atomic E-state index is 11.9. The fraction of sp³-hybridized carbons (Fsp3) is 0.286. The van der Waals surface area contributed by atoms with E-state index in [2.05, 4.69) is 32.5 Å². The third-order valence-corrected chi connectivity index (χ3v) is 3.21. The monoisotopic (exact) mass is 322 g/mol. The number of amides is 1. The number of benzene rings is 1. The molecule has 1 heterocycles. The lowest BCUT2D eigenvalue weighted by Gasteiger charge is -2.05. The van der Waals surface area contributed by atoms with Gasteiger partial charge in [-0.1, -0.05) is 33.2 Å². The number of hydrogen-bond donors (Lipinski definition) is 1. The first-order chi connectivity index (χ1) is 9.19. The Kier molecular flexibility index (Phi) is 4.74. The van der Waals surface area contributed by atoms with Crippen LogP contribution in [0.15, 0.2) is 34.9 Å². The largest absolute Gasteiger partial charge is 0.361 e. The van der Waals surface area contributed by atoms with Crippen molar-refractivity contribution in [1.29, 1.82) is 0 Å². The highest BCUT2D eigenvalue weighted by Gasteiger charge is 2.11. The first kappa shape index (κ1) is 13.8. The molecule has 1 N–H and O–H groups in total. The molecule has 100 valence electrons. The SMILES string of the molecule is Cc1cc(C(=O)Nc2cccc(CCCBr)c2)no1. The van der Waals surface area contributed by atoms with Gasteiger partial charge < -0.3 is 9.84 Å². The van der Waals surface area contributed by atoms with Crippen LogP contribution in [0.2, 0.25) is 0 Å². The number of aryl methyl sites for hydroxylation is 2. The highest BCUT2D eigenvalue weighted by molar-refractivity contribution is 9.09. The van der Waals surface area contributed by atoms with E-state index in [1.165, 1.54) is 5.56 Å². The van der Waals surface area contributed by atoms with Crippen molar-refractivity contribution in [2.45, 2.75) is 19.8 Å². The van der Waals surface area contributed by atoms with Gasteiger partial charge in [0.05, 0.1) is 0 Å². The van der Waals surface area contributed by atoms with E-state index < -0.39 is 0 Å². The Morgan fingerprint density at radius 3 is 2.95 bits per heavy atom. The minimum atomic E-state index is -0.255. The number of carbonyl (C=O) groups excluding carboxylic acids is 1. The summed E-state index contributed by atoms with van der Waals surface area (Å²) in [6, 6.07) is 9.45. The predicted molar refractivity (Wildman–Crippen MR) is 77.8 cm³/mol. The number of rotatable bonds is 5. The van der Waals surface area contributed by atoms with E-state index >= 15 is 0 Å². The summed E-state index contributed by atoms with van der Waals surface area (Å²) >= 11 is 3.41. The second kappa shape index (κ2) is 6.52. The Bertz CT molecular complexity index is 566. The van der Waals surface area contributed by atoms with Gasteiger partial charge in [0, 0.05) is 17.1 Å².